The van der Waals surface area contributed by atoms with Crippen molar-refractivity contribution in [3.8, 4) is 5.75 Å². The van der Waals surface area contributed by atoms with Crippen molar-refractivity contribution in [2.24, 2.45) is 5.92 Å². The molecule has 2 N–H and O–H groups in total. The first-order chi connectivity index (χ1) is 11.3. The first-order valence-corrected chi connectivity index (χ1v) is 8.33. The quantitative estimate of drug-likeness (QED) is 0.778. The highest BCUT2D eigenvalue weighted by Crippen LogP contribution is 2.42. The standard InChI is InChI=1S/C18H24N2O4/c1-11-6-12(2)8-15(7-11)24-10-14(21)9-20-16(22)18(3,13-4-5-13)19-17(20)23/h6-8,13-14,21H,4-5,9-10H2,1-3H3,(H,19,23)/t14-,18+/m1/s1. The number of nitrogens with zero attached hydrogens (tertiary/aromatic N) is 1. The van der Waals surface area contributed by atoms with E-state index in [-0.39, 0.29) is 25.0 Å². The number of nitrogens with one attached hydrogen (secondary N) is 1. The highest BCUT2D eigenvalue weighted by atomic mass is 16.5. The highest BCUT2D eigenvalue weighted by Gasteiger charge is 2.56. The van der Waals surface area contributed by atoms with Crippen LogP contribution < -0.4 is 10.1 Å². The number of urea groups is 1. The molecule has 1 heterocycles. The number of aliphatic hydroxyl groups is 1. The number of ether oxygens (including phenoxy) is 1. The number of aryl methyl sites for hydroxylation is 2. The second-order valence-electron chi connectivity index (χ2n) is 7.11. The SMILES string of the molecule is Cc1cc(C)cc(OC[C@H](O)CN2C(=O)N[C@@](C)(C3CC3)C2=O)c1. The Balaban J connectivity index is 1.57. The second-order valence-corrected chi connectivity index (χ2v) is 7.11. The molecule has 0 bridgehead atoms. The van der Waals surface area contributed by atoms with E-state index in [4.69, 9.17) is 4.74 Å². The van der Waals surface area contributed by atoms with Gasteiger partial charge in [-0.2, -0.15) is 0 Å². The molecule has 1 aliphatic heterocycles. The van der Waals surface area contributed by atoms with Gasteiger partial charge in [-0.15, -0.1) is 0 Å². The summed E-state index contributed by atoms with van der Waals surface area (Å²) in [7, 11) is 0. The summed E-state index contributed by atoms with van der Waals surface area (Å²) in [5.74, 6) is 0.634. The van der Waals surface area contributed by atoms with Crippen LogP contribution in [0.4, 0.5) is 4.79 Å². The largest absolute Gasteiger partial charge is 0.491 e. The van der Waals surface area contributed by atoms with E-state index in [2.05, 4.69) is 5.32 Å². The summed E-state index contributed by atoms with van der Waals surface area (Å²) in [6.45, 7) is 5.69. The molecule has 0 radical (unpaired) electrons. The van der Waals surface area contributed by atoms with E-state index in [1.807, 2.05) is 32.0 Å². The molecule has 2 atom stereocenters. The zero-order valence-electron chi connectivity index (χ0n) is 14.3. The molecule has 3 rings (SSSR count). The average molecular weight is 332 g/mol. The number of carbonyl (C=O) groups is 2. The average Bonchev–Trinajstić information content (AvgIpc) is 3.31. The van der Waals surface area contributed by atoms with Gasteiger partial charge in [-0.3, -0.25) is 9.69 Å². The van der Waals surface area contributed by atoms with Crippen molar-refractivity contribution in [2.45, 2.75) is 45.3 Å². The number of aliphatic hydroxyl groups excluding tert-OH is 1. The molecule has 1 saturated heterocycles. The zero-order valence-corrected chi connectivity index (χ0v) is 14.3. The van der Waals surface area contributed by atoms with Crippen LogP contribution >= 0.6 is 0 Å². The molecule has 1 saturated carbocycles. The summed E-state index contributed by atoms with van der Waals surface area (Å²) in [6, 6.07) is 5.38. The lowest BCUT2D eigenvalue weighted by molar-refractivity contribution is -0.132. The van der Waals surface area contributed by atoms with Crippen molar-refractivity contribution >= 4 is 11.9 Å². The molecular weight excluding hydrogens is 308 g/mol. The molecule has 6 heteroatoms. The van der Waals surface area contributed by atoms with Gasteiger partial charge in [0.05, 0.1) is 6.54 Å². The monoisotopic (exact) mass is 332 g/mol. The maximum absolute atomic E-state index is 12.5. The lowest BCUT2D eigenvalue weighted by atomic mass is 9.96. The first kappa shape index (κ1) is 16.8. The third-order valence-corrected chi connectivity index (χ3v) is 4.73. The van der Waals surface area contributed by atoms with Crippen LogP contribution in [0.3, 0.4) is 0 Å². The van der Waals surface area contributed by atoms with E-state index in [1.54, 1.807) is 6.92 Å². The van der Waals surface area contributed by atoms with Gasteiger partial charge >= 0.3 is 6.03 Å². The fourth-order valence-electron chi connectivity index (χ4n) is 3.29. The molecule has 1 aromatic rings. The molecule has 1 aromatic carbocycles. The van der Waals surface area contributed by atoms with Crippen molar-refractivity contribution in [1.82, 2.24) is 10.2 Å². The van der Waals surface area contributed by atoms with Gasteiger partial charge in [-0.05, 0) is 62.8 Å². The maximum Gasteiger partial charge on any atom is 0.325 e. The molecule has 2 aliphatic rings. The van der Waals surface area contributed by atoms with Crippen molar-refractivity contribution < 1.29 is 19.4 Å². The van der Waals surface area contributed by atoms with E-state index in [9.17, 15) is 14.7 Å². The number of hydrogen-bond donors (Lipinski definition) is 2. The smallest absolute Gasteiger partial charge is 0.325 e. The zero-order chi connectivity index (χ0) is 17.5. The third kappa shape index (κ3) is 3.24. The summed E-state index contributed by atoms with van der Waals surface area (Å²) in [5.41, 5.74) is 1.34. The van der Waals surface area contributed by atoms with Crippen LogP contribution in [-0.2, 0) is 4.79 Å². The van der Waals surface area contributed by atoms with Crippen LogP contribution in [0, 0.1) is 19.8 Å². The number of hydrogen-bond acceptors (Lipinski definition) is 4. The van der Waals surface area contributed by atoms with E-state index in [1.165, 1.54) is 0 Å². The van der Waals surface area contributed by atoms with Gasteiger partial charge in [0.15, 0.2) is 0 Å². The lowest BCUT2D eigenvalue weighted by Crippen LogP contribution is -2.46. The molecule has 24 heavy (non-hydrogen) atoms. The molecular formula is C18H24N2O4. The Morgan fingerprint density at radius 1 is 1.29 bits per heavy atom. The van der Waals surface area contributed by atoms with E-state index >= 15 is 0 Å². The van der Waals surface area contributed by atoms with Gasteiger partial charge in [0.1, 0.15) is 24.0 Å². The Hall–Kier alpha value is -2.08. The Morgan fingerprint density at radius 2 is 1.92 bits per heavy atom. The fraction of sp³-hybridized carbons (Fsp3) is 0.556. The predicted octanol–water partition coefficient (Wildman–Crippen LogP) is 1.76. The topological polar surface area (TPSA) is 78.9 Å². The molecule has 3 amide bonds. The number of benzene rings is 1. The van der Waals surface area contributed by atoms with Crippen LogP contribution in [-0.4, -0.2) is 46.7 Å². The van der Waals surface area contributed by atoms with Crippen molar-refractivity contribution in [2.75, 3.05) is 13.2 Å². The summed E-state index contributed by atoms with van der Waals surface area (Å²) in [6.07, 6.45) is 0.978. The number of amides is 3. The van der Waals surface area contributed by atoms with E-state index in [0.717, 1.165) is 28.9 Å². The van der Waals surface area contributed by atoms with Crippen molar-refractivity contribution in [3.63, 3.8) is 0 Å². The van der Waals surface area contributed by atoms with Crippen LogP contribution in [0.15, 0.2) is 18.2 Å². The molecule has 6 nitrogen and oxygen atoms in total. The van der Waals surface area contributed by atoms with E-state index in [0.29, 0.717) is 5.75 Å². The van der Waals surface area contributed by atoms with Gasteiger partial charge < -0.3 is 15.2 Å². The number of carbonyl (C=O) groups excluding carboxylic acids is 2. The molecule has 2 fully saturated rings. The van der Waals surface area contributed by atoms with Gasteiger partial charge in [0.2, 0.25) is 0 Å². The molecule has 0 unspecified atom stereocenters. The minimum Gasteiger partial charge on any atom is -0.491 e. The van der Waals surface area contributed by atoms with Crippen molar-refractivity contribution in [3.05, 3.63) is 29.3 Å². The lowest BCUT2D eigenvalue weighted by Gasteiger charge is -2.22. The minimum atomic E-state index is -0.929. The maximum atomic E-state index is 12.5. The summed E-state index contributed by atoms with van der Waals surface area (Å²) in [4.78, 5) is 25.7. The highest BCUT2D eigenvalue weighted by molar-refractivity contribution is 6.07. The number of rotatable bonds is 6. The predicted molar refractivity (Wildman–Crippen MR) is 88.8 cm³/mol. The Bertz CT molecular complexity index is 651. The van der Waals surface area contributed by atoms with Crippen LogP contribution in [0.25, 0.3) is 0 Å². The van der Waals surface area contributed by atoms with Gasteiger partial charge in [0, 0.05) is 0 Å². The van der Waals surface area contributed by atoms with Gasteiger partial charge in [-0.1, -0.05) is 6.07 Å². The molecule has 0 spiro atoms. The second kappa shape index (κ2) is 6.09. The van der Waals surface area contributed by atoms with E-state index < -0.39 is 17.7 Å². The summed E-state index contributed by atoms with van der Waals surface area (Å²) < 4.78 is 5.60. The Labute approximate surface area is 141 Å². The summed E-state index contributed by atoms with van der Waals surface area (Å²) in [5, 5.41) is 12.9. The van der Waals surface area contributed by atoms with Crippen LogP contribution in [0.2, 0.25) is 0 Å². The number of imide groups is 1. The number of β-amino-alcohol motifs (C(OH)–C–C–N with tert-alkyl or cyclic N) is 1. The first-order valence-electron chi connectivity index (χ1n) is 8.33. The Morgan fingerprint density at radius 3 is 2.50 bits per heavy atom. The van der Waals surface area contributed by atoms with Gasteiger partial charge in [-0.25, -0.2) is 4.79 Å². The fourth-order valence-corrected chi connectivity index (χ4v) is 3.29. The molecule has 1 aliphatic carbocycles. The normalized spacial score (nSPS) is 24.9. The third-order valence-electron chi connectivity index (χ3n) is 4.73. The van der Waals surface area contributed by atoms with Crippen LogP contribution in [0.5, 0.6) is 5.75 Å². The Kier molecular flexibility index (Phi) is 4.25. The molecule has 130 valence electrons. The summed E-state index contributed by atoms with van der Waals surface area (Å²) >= 11 is 0. The van der Waals surface area contributed by atoms with Crippen LogP contribution in [0.1, 0.15) is 30.9 Å². The minimum absolute atomic E-state index is 0.0279. The van der Waals surface area contributed by atoms with Gasteiger partial charge in [0.25, 0.3) is 5.91 Å². The van der Waals surface area contributed by atoms with Crippen molar-refractivity contribution in [1.29, 1.82) is 0 Å². The molecule has 0 aromatic heterocycles.